The zero-order chi connectivity index (χ0) is 22.2. The zero-order valence-electron chi connectivity index (χ0n) is 18.0. The first-order chi connectivity index (χ1) is 15.6. The van der Waals surface area contributed by atoms with Crippen LogP contribution >= 0.6 is 11.3 Å². The van der Waals surface area contributed by atoms with Gasteiger partial charge in [0.1, 0.15) is 0 Å². The average Bonchev–Trinajstić information content (AvgIpc) is 3.41. The molecule has 3 heterocycles. The number of hydrogen-bond donors (Lipinski definition) is 1. The molecule has 0 aromatic carbocycles. The molecule has 2 aromatic rings. The van der Waals surface area contributed by atoms with Crippen molar-refractivity contribution in [2.24, 2.45) is 11.8 Å². The molecule has 0 spiro atoms. The number of aliphatic carboxylic acids is 1. The van der Waals surface area contributed by atoms with Crippen LogP contribution in [0.15, 0.2) is 15.7 Å². The minimum absolute atomic E-state index is 0.000134. The molecule has 0 unspecified atom stereocenters. The Balaban J connectivity index is 1.51. The Morgan fingerprint density at radius 1 is 1.19 bits per heavy atom. The molecule has 0 saturated heterocycles. The van der Waals surface area contributed by atoms with E-state index in [0.29, 0.717) is 49.1 Å². The Morgan fingerprint density at radius 3 is 2.66 bits per heavy atom. The number of nitrogens with zero attached hydrogens (tertiary/aromatic N) is 2. The summed E-state index contributed by atoms with van der Waals surface area (Å²) in [5, 5.41) is 13.9. The number of thiophene rings is 1. The lowest BCUT2D eigenvalue weighted by molar-refractivity contribution is -0.134. The van der Waals surface area contributed by atoms with Crippen LogP contribution in [0.1, 0.15) is 46.8 Å². The van der Waals surface area contributed by atoms with Crippen LogP contribution in [-0.2, 0) is 44.9 Å². The van der Waals surface area contributed by atoms with Crippen molar-refractivity contribution in [3.05, 3.63) is 32.3 Å². The van der Waals surface area contributed by atoms with Crippen molar-refractivity contribution in [2.45, 2.75) is 51.6 Å². The van der Waals surface area contributed by atoms with Crippen LogP contribution in [0.5, 0.6) is 0 Å². The molecular weight excluding hydrogens is 432 g/mol. The summed E-state index contributed by atoms with van der Waals surface area (Å²) in [6.07, 6.45) is 4.95. The molecular formula is C23H26N2O6S. The quantitative estimate of drug-likeness (QED) is 0.641. The maximum Gasteiger partial charge on any atom is 0.332 e. The number of carboxylic acid groups (broad SMARTS) is 1. The summed E-state index contributed by atoms with van der Waals surface area (Å²) in [6, 6.07) is 0. The van der Waals surface area contributed by atoms with E-state index in [9.17, 15) is 14.7 Å². The first kappa shape index (κ1) is 21.5. The molecule has 0 amide bonds. The number of hydrogen-bond acceptors (Lipinski definition) is 8. The Bertz CT molecular complexity index is 1080. The standard InChI is InChI=1S/C23H26N2O6S/c1-29-8-7-18-24-22(31-25-18)21-14-6-9-30-11-17(14)32-16(21)10-15(26)19-12-2-4-13(5-3-12)20(19)23(27)28/h12-13H,2-11H2,1H3,(H,27,28). The van der Waals surface area contributed by atoms with Gasteiger partial charge in [-0.25, -0.2) is 4.79 Å². The maximum absolute atomic E-state index is 13.5. The third-order valence-electron chi connectivity index (χ3n) is 6.79. The second kappa shape index (κ2) is 8.88. The molecule has 2 aromatic heterocycles. The van der Waals surface area contributed by atoms with E-state index in [1.54, 1.807) is 7.11 Å². The summed E-state index contributed by atoms with van der Waals surface area (Å²) < 4.78 is 16.3. The van der Waals surface area contributed by atoms with E-state index in [2.05, 4.69) is 10.1 Å². The van der Waals surface area contributed by atoms with Crippen LogP contribution < -0.4 is 0 Å². The number of allylic oxidation sites excluding steroid dienone is 1. The highest BCUT2D eigenvalue weighted by atomic mass is 32.1. The number of aromatic nitrogens is 2. The van der Waals surface area contributed by atoms with E-state index < -0.39 is 5.97 Å². The number of carboxylic acids is 1. The van der Waals surface area contributed by atoms with Crippen LogP contribution in [0.25, 0.3) is 11.5 Å². The minimum Gasteiger partial charge on any atom is -0.478 e. The third-order valence-corrected chi connectivity index (χ3v) is 8.00. The summed E-state index contributed by atoms with van der Waals surface area (Å²) in [7, 11) is 1.62. The number of rotatable bonds is 8. The van der Waals surface area contributed by atoms with E-state index in [-0.39, 0.29) is 24.0 Å². The zero-order valence-corrected chi connectivity index (χ0v) is 18.8. The van der Waals surface area contributed by atoms with E-state index in [4.69, 9.17) is 14.0 Å². The van der Waals surface area contributed by atoms with Gasteiger partial charge in [0, 0.05) is 40.9 Å². The summed E-state index contributed by atoms with van der Waals surface area (Å²) >= 11 is 1.54. The van der Waals surface area contributed by atoms with Gasteiger partial charge in [-0.1, -0.05) is 5.16 Å². The van der Waals surface area contributed by atoms with E-state index in [0.717, 1.165) is 53.0 Å². The monoisotopic (exact) mass is 458 g/mol. The highest BCUT2D eigenvalue weighted by molar-refractivity contribution is 7.12. The van der Waals surface area contributed by atoms with E-state index in [1.807, 2.05) is 0 Å². The number of carbonyl (C=O) groups is 2. The first-order valence-electron chi connectivity index (χ1n) is 11.1. The highest BCUT2D eigenvalue weighted by Gasteiger charge is 2.41. The van der Waals surface area contributed by atoms with Crippen LogP contribution in [0.3, 0.4) is 0 Å². The third kappa shape index (κ3) is 3.82. The van der Waals surface area contributed by atoms with Gasteiger partial charge < -0.3 is 19.1 Å². The van der Waals surface area contributed by atoms with Crippen LogP contribution in [0, 0.1) is 11.8 Å². The normalized spacial score (nSPS) is 22.3. The fraction of sp³-hybridized carbons (Fsp3) is 0.565. The van der Waals surface area contributed by atoms with Crippen LogP contribution in [0.4, 0.5) is 0 Å². The average molecular weight is 459 g/mol. The Labute approximate surface area is 189 Å². The van der Waals surface area contributed by atoms with Crippen molar-refractivity contribution in [2.75, 3.05) is 20.3 Å². The van der Waals surface area contributed by atoms with Gasteiger partial charge in [-0.3, -0.25) is 4.79 Å². The topological polar surface area (TPSA) is 112 Å². The van der Waals surface area contributed by atoms with Crippen molar-refractivity contribution < 1.29 is 28.7 Å². The molecule has 0 atom stereocenters. The van der Waals surface area contributed by atoms with Crippen molar-refractivity contribution >= 4 is 23.1 Å². The van der Waals surface area contributed by atoms with Crippen molar-refractivity contribution in [3.63, 3.8) is 0 Å². The van der Waals surface area contributed by atoms with Crippen molar-refractivity contribution in [1.82, 2.24) is 10.1 Å². The maximum atomic E-state index is 13.5. The van der Waals surface area contributed by atoms with Crippen molar-refractivity contribution in [3.8, 4) is 11.5 Å². The lowest BCUT2D eigenvalue weighted by Crippen LogP contribution is -2.34. The lowest BCUT2D eigenvalue weighted by atomic mass is 9.65. The molecule has 1 N–H and O–H groups in total. The predicted molar refractivity (Wildman–Crippen MR) is 115 cm³/mol. The number of methoxy groups -OCH3 is 1. The predicted octanol–water partition coefficient (Wildman–Crippen LogP) is 3.37. The Hall–Kier alpha value is -2.36. The van der Waals surface area contributed by atoms with Gasteiger partial charge in [0.05, 0.1) is 25.4 Å². The molecule has 170 valence electrons. The van der Waals surface area contributed by atoms with Gasteiger partial charge in [-0.15, -0.1) is 11.3 Å². The number of carbonyl (C=O) groups excluding carboxylic acids is 1. The molecule has 8 nitrogen and oxygen atoms in total. The molecule has 1 fully saturated rings. The van der Waals surface area contributed by atoms with Crippen molar-refractivity contribution in [1.29, 1.82) is 0 Å². The van der Waals surface area contributed by atoms with Gasteiger partial charge in [0.15, 0.2) is 11.6 Å². The number of ether oxygens (including phenoxy) is 2. The molecule has 32 heavy (non-hydrogen) atoms. The number of fused-ring (bicyclic) bond motifs is 3. The van der Waals surface area contributed by atoms with Gasteiger partial charge in [0.2, 0.25) is 0 Å². The molecule has 9 heteroatoms. The second-order valence-electron chi connectivity index (χ2n) is 8.64. The summed E-state index contributed by atoms with van der Waals surface area (Å²) in [5.41, 5.74) is 2.82. The van der Waals surface area contributed by atoms with Gasteiger partial charge in [-0.05, 0) is 49.5 Å². The van der Waals surface area contributed by atoms with Gasteiger partial charge in [-0.2, -0.15) is 4.98 Å². The number of ketones is 1. The minimum atomic E-state index is -0.943. The summed E-state index contributed by atoms with van der Waals surface area (Å²) in [4.78, 5) is 31.9. The Kier molecular flexibility index (Phi) is 5.96. The van der Waals surface area contributed by atoms with E-state index >= 15 is 0 Å². The van der Waals surface area contributed by atoms with Gasteiger partial charge >= 0.3 is 5.97 Å². The Morgan fingerprint density at radius 2 is 1.94 bits per heavy atom. The number of Topliss-reactive ketones (excluding diaryl/α,β-unsaturated/α-hetero) is 1. The fourth-order valence-electron chi connectivity index (χ4n) is 5.33. The van der Waals surface area contributed by atoms with E-state index in [1.165, 1.54) is 11.3 Å². The molecule has 0 radical (unpaired) electrons. The molecule has 6 rings (SSSR count). The molecule has 4 aliphatic rings. The molecule has 2 bridgehead atoms. The molecule has 1 aliphatic heterocycles. The smallest absolute Gasteiger partial charge is 0.332 e. The first-order valence-corrected chi connectivity index (χ1v) is 11.9. The van der Waals surface area contributed by atoms with Crippen LogP contribution in [0.2, 0.25) is 0 Å². The fourth-order valence-corrected chi connectivity index (χ4v) is 6.61. The summed E-state index contributed by atoms with van der Waals surface area (Å²) in [6.45, 7) is 1.60. The summed E-state index contributed by atoms with van der Waals surface area (Å²) in [5.74, 6) is 0.00453. The largest absolute Gasteiger partial charge is 0.478 e. The van der Waals surface area contributed by atoms with Crippen LogP contribution in [-0.4, -0.2) is 47.3 Å². The van der Waals surface area contributed by atoms with Gasteiger partial charge in [0.25, 0.3) is 5.89 Å². The molecule has 1 saturated carbocycles. The molecule has 3 aliphatic carbocycles. The SMILES string of the molecule is COCCc1noc(-c2c(CC(=O)C3=C(C(=O)O)C4CCC3CC4)sc3c2CCOC3)n1. The lowest BCUT2D eigenvalue weighted by Gasteiger charge is -2.38. The second-order valence-corrected chi connectivity index (χ2v) is 9.83. The highest BCUT2D eigenvalue weighted by Crippen LogP contribution is 2.47.